The highest BCUT2D eigenvalue weighted by Gasteiger charge is 2.23. The Morgan fingerprint density at radius 2 is 1.71 bits per heavy atom. The molecule has 5 rings (SSSR count). The molecule has 1 amide bonds. The summed E-state index contributed by atoms with van der Waals surface area (Å²) in [5, 5.41) is 8.98. The summed E-state index contributed by atoms with van der Waals surface area (Å²) in [7, 11) is 1.63. The maximum absolute atomic E-state index is 13.1. The monoisotopic (exact) mass is 472 g/mol. The third kappa shape index (κ3) is 4.53. The number of aryl methyl sites for hydroxylation is 1. The van der Waals surface area contributed by atoms with Crippen molar-refractivity contribution in [2.24, 2.45) is 7.05 Å². The van der Waals surface area contributed by atoms with E-state index in [9.17, 15) is 9.59 Å². The molecule has 0 bridgehead atoms. The molecule has 182 valence electrons. The number of fused-ring (bicyclic) bond motifs is 3. The number of hydrogen-bond donors (Lipinski definition) is 1. The van der Waals surface area contributed by atoms with Crippen LogP contribution in [0.3, 0.4) is 0 Å². The third-order valence-corrected chi connectivity index (χ3v) is 7.02. The zero-order valence-corrected chi connectivity index (χ0v) is 20.4. The highest BCUT2D eigenvalue weighted by atomic mass is 16.2. The summed E-state index contributed by atoms with van der Waals surface area (Å²) in [6, 6.07) is 17.8. The quantitative estimate of drug-likeness (QED) is 0.419. The van der Waals surface area contributed by atoms with Gasteiger partial charge >= 0.3 is 0 Å². The van der Waals surface area contributed by atoms with Crippen LogP contribution < -0.4 is 15.8 Å². The molecule has 1 saturated heterocycles. The van der Waals surface area contributed by atoms with Gasteiger partial charge in [0.25, 0.3) is 5.56 Å². The molecule has 4 aromatic rings. The molecule has 1 aliphatic rings. The van der Waals surface area contributed by atoms with Crippen LogP contribution >= 0.6 is 0 Å². The van der Waals surface area contributed by atoms with Gasteiger partial charge in [0.2, 0.25) is 5.91 Å². The Kier molecular flexibility index (Phi) is 6.55. The zero-order chi connectivity index (χ0) is 24.4. The molecule has 0 aliphatic carbocycles. The molecule has 1 atom stereocenters. The summed E-state index contributed by atoms with van der Waals surface area (Å²) in [4.78, 5) is 30.9. The van der Waals surface area contributed by atoms with Crippen LogP contribution in [-0.2, 0) is 11.8 Å². The Bertz CT molecular complexity index is 1390. The van der Waals surface area contributed by atoms with Crippen LogP contribution in [0.4, 0.5) is 5.69 Å². The number of rotatable bonds is 7. The summed E-state index contributed by atoms with van der Waals surface area (Å²) < 4.78 is 3.17. The van der Waals surface area contributed by atoms with Crippen molar-refractivity contribution in [2.75, 3.05) is 44.2 Å². The van der Waals surface area contributed by atoms with Crippen LogP contribution in [0.2, 0.25) is 0 Å². The number of carbonyl (C=O) groups is 1. The fourth-order valence-electron chi connectivity index (χ4n) is 5.04. The van der Waals surface area contributed by atoms with Gasteiger partial charge in [-0.05, 0) is 38.1 Å². The van der Waals surface area contributed by atoms with E-state index in [0.29, 0.717) is 12.1 Å². The van der Waals surface area contributed by atoms with Gasteiger partial charge in [-0.3, -0.25) is 14.5 Å². The van der Waals surface area contributed by atoms with E-state index < -0.39 is 6.04 Å². The highest BCUT2D eigenvalue weighted by molar-refractivity contribution is 6.08. The lowest BCUT2D eigenvalue weighted by atomic mass is 10.2. The minimum absolute atomic E-state index is 0.0829. The average molecular weight is 473 g/mol. The minimum Gasteiger partial charge on any atom is -0.369 e. The molecule has 35 heavy (non-hydrogen) atoms. The second kappa shape index (κ2) is 9.92. The lowest BCUT2D eigenvalue weighted by molar-refractivity contribution is -0.123. The zero-order valence-electron chi connectivity index (χ0n) is 20.4. The maximum Gasteiger partial charge on any atom is 0.291 e. The van der Waals surface area contributed by atoms with Crippen LogP contribution in [0.25, 0.3) is 21.8 Å². The van der Waals surface area contributed by atoms with Gasteiger partial charge in [-0.15, -0.1) is 0 Å². The number of nitrogens with one attached hydrogen (secondary N) is 1. The second-order valence-corrected chi connectivity index (χ2v) is 9.21. The van der Waals surface area contributed by atoms with Gasteiger partial charge in [0.05, 0.1) is 11.7 Å². The molecule has 0 radical (unpaired) electrons. The number of nitrogens with zero attached hydrogens (tertiary/aromatic N) is 5. The van der Waals surface area contributed by atoms with Crippen molar-refractivity contribution in [3.63, 3.8) is 0 Å². The summed E-state index contributed by atoms with van der Waals surface area (Å²) in [6.07, 6.45) is 2.60. The summed E-state index contributed by atoms with van der Waals surface area (Å²) in [5.74, 6) is -0.0829. The van der Waals surface area contributed by atoms with Crippen LogP contribution in [0.15, 0.2) is 65.6 Å². The van der Waals surface area contributed by atoms with Gasteiger partial charge < -0.3 is 14.8 Å². The highest BCUT2D eigenvalue weighted by Crippen LogP contribution is 2.29. The molecule has 0 spiro atoms. The first kappa shape index (κ1) is 23.1. The maximum atomic E-state index is 13.1. The van der Waals surface area contributed by atoms with Crippen molar-refractivity contribution >= 4 is 33.4 Å². The summed E-state index contributed by atoms with van der Waals surface area (Å²) in [6.45, 7) is 7.51. The van der Waals surface area contributed by atoms with Gasteiger partial charge in [0.1, 0.15) is 11.6 Å². The number of amides is 1. The van der Waals surface area contributed by atoms with Crippen LogP contribution in [0.1, 0.15) is 19.4 Å². The fourth-order valence-corrected chi connectivity index (χ4v) is 5.04. The molecule has 1 fully saturated rings. The van der Waals surface area contributed by atoms with Crippen molar-refractivity contribution in [2.45, 2.75) is 19.4 Å². The first-order valence-electron chi connectivity index (χ1n) is 12.3. The number of anilines is 1. The van der Waals surface area contributed by atoms with Gasteiger partial charge in [0, 0.05) is 56.2 Å². The van der Waals surface area contributed by atoms with E-state index in [2.05, 4.69) is 44.5 Å². The average Bonchev–Trinajstić information content (AvgIpc) is 3.24. The van der Waals surface area contributed by atoms with E-state index >= 15 is 0 Å². The van der Waals surface area contributed by atoms with E-state index in [0.717, 1.165) is 55.4 Å². The Morgan fingerprint density at radius 1 is 1.00 bits per heavy atom. The first-order chi connectivity index (χ1) is 17.0. The summed E-state index contributed by atoms with van der Waals surface area (Å²) in [5.41, 5.74) is 2.46. The standard InChI is InChI=1S/C27H32N6O2/c1-20(33-24-12-7-6-11-22(24)23-19-29-30(2)27(35)25(23)33)26(34)28-13-8-14-31-15-17-32(18-16-31)21-9-4-3-5-10-21/h3-7,9-12,19-20H,8,13-18H2,1-2H3,(H,28,34)/t20-/m1/s1. The molecule has 3 heterocycles. The van der Waals surface area contributed by atoms with Crippen LogP contribution in [0.5, 0.6) is 0 Å². The molecule has 0 saturated carbocycles. The van der Waals surface area contributed by atoms with Gasteiger partial charge in [-0.2, -0.15) is 5.10 Å². The molecule has 2 aromatic heterocycles. The van der Waals surface area contributed by atoms with E-state index in [-0.39, 0.29) is 11.5 Å². The number of aromatic nitrogens is 3. The minimum atomic E-state index is -0.512. The van der Waals surface area contributed by atoms with Crippen molar-refractivity contribution in [3.8, 4) is 0 Å². The number of carbonyl (C=O) groups excluding carboxylic acids is 1. The third-order valence-electron chi connectivity index (χ3n) is 7.02. The predicted octanol–water partition coefficient (Wildman–Crippen LogP) is 2.78. The Balaban J connectivity index is 1.19. The van der Waals surface area contributed by atoms with Crippen LogP contribution in [-0.4, -0.2) is 64.4 Å². The topological polar surface area (TPSA) is 75.4 Å². The SMILES string of the molecule is C[C@H](C(=O)NCCCN1CCN(c2ccccc2)CC1)n1c2ccccc2c2cnn(C)c(=O)c21. The van der Waals surface area contributed by atoms with Crippen LogP contribution in [0, 0.1) is 0 Å². The molecule has 8 nitrogen and oxygen atoms in total. The van der Waals surface area contributed by atoms with Crippen molar-refractivity contribution in [1.82, 2.24) is 24.6 Å². The normalized spacial score (nSPS) is 15.5. The largest absolute Gasteiger partial charge is 0.369 e. The molecule has 1 aliphatic heterocycles. The number of benzene rings is 2. The second-order valence-electron chi connectivity index (χ2n) is 9.21. The van der Waals surface area contributed by atoms with Crippen molar-refractivity contribution in [3.05, 3.63) is 71.1 Å². The van der Waals surface area contributed by atoms with Gasteiger partial charge in [-0.1, -0.05) is 36.4 Å². The molecule has 1 N–H and O–H groups in total. The molecule has 0 unspecified atom stereocenters. The molecule has 8 heteroatoms. The summed E-state index contributed by atoms with van der Waals surface area (Å²) >= 11 is 0. The predicted molar refractivity (Wildman–Crippen MR) is 140 cm³/mol. The number of hydrogen-bond acceptors (Lipinski definition) is 5. The first-order valence-corrected chi connectivity index (χ1v) is 12.3. The number of piperazine rings is 1. The van der Waals surface area contributed by atoms with Crippen molar-refractivity contribution < 1.29 is 4.79 Å². The van der Waals surface area contributed by atoms with Crippen molar-refractivity contribution in [1.29, 1.82) is 0 Å². The molecule has 2 aromatic carbocycles. The Morgan fingerprint density at radius 3 is 2.49 bits per heavy atom. The van der Waals surface area contributed by atoms with E-state index in [4.69, 9.17) is 0 Å². The van der Waals surface area contributed by atoms with Gasteiger partial charge in [-0.25, -0.2) is 4.68 Å². The van der Waals surface area contributed by atoms with E-state index in [1.165, 1.54) is 10.4 Å². The molecular weight excluding hydrogens is 440 g/mol. The smallest absolute Gasteiger partial charge is 0.291 e. The Hall–Kier alpha value is -3.65. The van der Waals surface area contributed by atoms with E-state index in [1.807, 2.05) is 41.8 Å². The Labute approximate surface area is 204 Å². The fraction of sp³-hybridized carbons (Fsp3) is 0.370. The molecular formula is C27H32N6O2. The lowest BCUT2D eigenvalue weighted by Crippen LogP contribution is -2.47. The van der Waals surface area contributed by atoms with E-state index in [1.54, 1.807) is 13.2 Å². The lowest BCUT2D eigenvalue weighted by Gasteiger charge is -2.36. The van der Waals surface area contributed by atoms with Gasteiger partial charge in [0.15, 0.2) is 0 Å². The number of para-hydroxylation sites is 2.